The molecule has 1 aromatic heterocycles. The first kappa shape index (κ1) is 19.4. The minimum Gasteiger partial charge on any atom is -0.437 e. The molecule has 0 spiro atoms. The van der Waals surface area contributed by atoms with E-state index in [0.29, 0.717) is 48.7 Å². The van der Waals surface area contributed by atoms with Gasteiger partial charge in [0.05, 0.1) is 24.3 Å². The van der Waals surface area contributed by atoms with Crippen LogP contribution >= 0.6 is 11.6 Å². The zero-order valence-corrected chi connectivity index (χ0v) is 15.8. The molecule has 1 N–H and O–H groups in total. The van der Waals surface area contributed by atoms with Crippen molar-refractivity contribution in [2.24, 2.45) is 0 Å². The number of carbonyl (C=O) groups excluding carboxylic acids is 1. The van der Waals surface area contributed by atoms with Crippen LogP contribution in [0.2, 0.25) is 5.02 Å². The molecule has 8 heteroatoms. The lowest BCUT2D eigenvalue weighted by Crippen LogP contribution is -2.50. The Labute approximate surface area is 163 Å². The van der Waals surface area contributed by atoms with Crippen molar-refractivity contribution in [3.63, 3.8) is 0 Å². The van der Waals surface area contributed by atoms with Crippen LogP contribution in [-0.2, 0) is 9.47 Å². The van der Waals surface area contributed by atoms with Crippen molar-refractivity contribution in [1.82, 2.24) is 9.88 Å². The monoisotopic (exact) mass is 391 g/mol. The van der Waals surface area contributed by atoms with Crippen LogP contribution in [0.1, 0.15) is 6.42 Å². The number of aromatic nitrogens is 1. The maximum absolute atomic E-state index is 12.7. The highest BCUT2D eigenvalue weighted by Gasteiger charge is 2.27. The molecule has 27 heavy (non-hydrogen) atoms. The van der Waals surface area contributed by atoms with Crippen LogP contribution < -0.4 is 10.1 Å². The van der Waals surface area contributed by atoms with Crippen molar-refractivity contribution in [3.05, 3.63) is 47.6 Å². The molecule has 1 aliphatic rings. The van der Waals surface area contributed by atoms with Crippen LogP contribution in [0.4, 0.5) is 10.5 Å². The molecule has 1 atom stereocenters. The molecule has 144 valence electrons. The number of urea groups is 1. The van der Waals surface area contributed by atoms with Gasteiger partial charge in [0, 0.05) is 38.2 Å². The van der Waals surface area contributed by atoms with Gasteiger partial charge in [-0.3, -0.25) is 0 Å². The molecule has 0 saturated carbocycles. The highest BCUT2D eigenvalue weighted by molar-refractivity contribution is 6.32. The van der Waals surface area contributed by atoms with Gasteiger partial charge in [-0.05, 0) is 24.6 Å². The Morgan fingerprint density at radius 3 is 3.07 bits per heavy atom. The lowest BCUT2D eigenvalue weighted by Gasteiger charge is -2.35. The first-order chi connectivity index (χ1) is 13.2. The molecule has 1 aromatic carbocycles. The number of rotatable bonds is 6. The number of amides is 2. The highest BCUT2D eigenvalue weighted by Crippen LogP contribution is 2.28. The third-order valence-corrected chi connectivity index (χ3v) is 4.49. The Bertz CT molecular complexity index is 774. The van der Waals surface area contributed by atoms with Gasteiger partial charge in [0.25, 0.3) is 0 Å². The minimum atomic E-state index is -0.186. The molecule has 2 heterocycles. The molecule has 0 radical (unpaired) electrons. The number of nitrogens with one attached hydrogen (secondary N) is 1. The fourth-order valence-electron chi connectivity index (χ4n) is 2.79. The first-order valence-corrected chi connectivity index (χ1v) is 9.08. The van der Waals surface area contributed by atoms with E-state index < -0.39 is 0 Å². The molecule has 1 fully saturated rings. The van der Waals surface area contributed by atoms with Crippen molar-refractivity contribution >= 4 is 23.3 Å². The standard InChI is InChI=1S/C19H22ClN3O4/c1-25-10-7-15-13-26-11-9-23(15)19(24)22-14-6-8-21-18(12-14)27-17-5-3-2-4-16(17)20/h2-6,8,12,15H,7,9-11,13H2,1H3,(H,21,22,24). The van der Waals surface area contributed by atoms with E-state index in [2.05, 4.69) is 10.3 Å². The van der Waals surface area contributed by atoms with Crippen molar-refractivity contribution in [1.29, 1.82) is 0 Å². The van der Waals surface area contributed by atoms with Crippen molar-refractivity contribution < 1.29 is 19.0 Å². The average molecular weight is 392 g/mol. The van der Waals surface area contributed by atoms with Crippen LogP contribution in [0.5, 0.6) is 11.6 Å². The summed E-state index contributed by atoms with van der Waals surface area (Å²) in [5, 5.41) is 3.39. The maximum Gasteiger partial charge on any atom is 0.322 e. The Morgan fingerprint density at radius 1 is 1.41 bits per heavy atom. The third kappa shape index (κ3) is 5.32. The summed E-state index contributed by atoms with van der Waals surface area (Å²) in [5.74, 6) is 0.849. The van der Waals surface area contributed by atoms with E-state index in [4.69, 9.17) is 25.8 Å². The van der Waals surface area contributed by atoms with Gasteiger partial charge in [0.2, 0.25) is 5.88 Å². The summed E-state index contributed by atoms with van der Waals surface area (Å²) in [6.07, 6.45) is 2.30. The number of halogens is 1. The second-order valence-electron chi connectivity index (χ2n) is 6.05. The van der Waals surface area contributed by atoms with E-state index in [1.165, 1.54) is 0 Å². The van der Waals surface area contributed by atoms with E-state index >= 15 is 0 Å². The van der Waals surface area contributed by atoms with Gasteiger partial charge in [0.15, 0.2) is 0 Å². The number of methoxy groups -OCH3 is 1. The van der Waals surface area contributed by atoms with E-state index in [9.17, 15) is 4.79 Å². The molecule has 1 aliphatic heterocycles. The normalized spacial score (nSPS) is 16.8. The zero-order valence-electron chi connectivity index (χ0n) is 15.1. The summed E-state index contributed by atoms with van der Waals surface area (Å²) in [5.41, 5.74) is 0.592. The fraction of sp³-hybridized carbons (Fsp3) is 0.368. The van der Waals surface area contributed by atoms with E-state index in [0.717, 1.165) is 6.42 Å². The van der Waals surface area contributed by atoms with Crippen LogP contribution in [0.25, 0.3) is 0 Å². The van der Waals surface area contributed by atoms with Gasteiger partial charge in [-0.15, -0.1) is 0 Å². The van der Waals surface area contributed by atoms with E-state index in [1.54, 1.807) is 42.5 Å². The molecule has 3 rings (SSSR count). The number of ether oxygens (including phenoxy) is 3. The van der Waals surface area contributed by atoms with Gasteiger partial charge in [-0.25, -0.2) is 9.78 Å². The molecular formula is C19H22ClN3O4. The maximum atomic E-state index is 12.7. The summed E-state index contributed by atoms with van der Waals surface area (Å²) in [7, 11) is 1.64. The number of nitrogens with zero attached hydrogens (tertiary/aromatic N) is 2. The summed E-state index contributed by atoms with van der Waals surface area (Å²) in [4.78, 5) is 18.6. The second-order valence-corrected chi connectivity index (χ2v) is 6.46. The molecule has 0 bridgehead atoms. The summed E-state index contributed by atoms with van der Waals surface area (Å²) in [6, 6.07) is 10.3. The van der Waals surface area contributed by atoms with Gasteiger partial charge < -0.3 is 24.4 Å². The summed E-state index contributed by atoms with van der Waals surface area (Å²) < 4.78 is 16.3. The fourth-order valence-corrected chi connectivity index (χ4v) is 2.97. The number of carbonyl (C=O) groups is 1. The molecule has 2 aromatic rings. The highest BCUT2D eigenvalue weighted by atomic mass is 35.5. The topological polar surface area (TPSA) is 72.9 Å². The second kappa shape index (κ2) is 9.55. The molecule has 7 nitrogen and oxygen atoms in total. The van der Waals surface area contributed by atoms with Gasteiger partial charge in [0.1, 0.15) is 5.75 Å². The van der Waals surface area contributed by atoms with Crippen LogP contribution in [0.15, 0.2) is 42.6 Å². The Hall–Kier alpha value is -2.35. The van der Waals surface area contributed by atoms with E-state index in [-0.39, 0.29) is 12.1 Å². The zero-order chi connectivity index (χ0) is 19.1. The number of benzene rings is 1. The van der Waals surface area contributed by atoms with Crippen molar-refractivity contribution in [2.75, 3.05) is 38.8 Å². The predicted octanol–water partition coefficient (Wildman–Crippen LogP) is 3.80. The number of morpholine rings is 1. The lowest BCUT2D eigenvalue weighted by atomic mass is 10.2. The number of pyridine rings is 1. The van der Waals surface area contributed by atoms with Gasteiger partial charge in [-0.2, -0.15) is 0 Å². The van der Waals surface area contributed by atoms with E-state index in [1.807, 2.05) is 12.1 Å². The predicted molar refractivity (Wildman–Crippen MR) is 103 cm³/mol. The Morgan fingerprint density at radius 2 is 2.26 bits per heavy atom. The minimum absolute atomic E-state index is 0.0145. The molecule has 1 unspecified atom stereocenters. The Balaban J connectivity index is 1.66. The summed E-state index contributed by atoms with van der Waals surface area (Å²) in [6.45, 7) is 2.14. The van der Waals surface area contributed by atoms with Gasteiger partial charge >= 0.3 is 6.03 Å². The van der Waals surface area contributed by atoms with Crippen molar-refractivity contribution in [3.8, 4) is 11.6 Å². The number of hydrogen-bond donors (Lipinski definition) is 1. The number of hydrogen-bond acceptors (Lipinski definition) is 5. The Kier molecular flexibility index (Phi) is 6.86. The van der Waals surface area contributed by atoms with Crippen LogP contribution in [0.3, 0.4) is 0 Å². The first-order valence-electron chi connectivity index (χ1n) is 8.70. The number of anilines is 1. The smallest absolute Gasteiger partial charge is 0.322 e. The average Bonchev–Trinajstić information content (AvgIpc) is 2.68. The number of para-hydroxylation sites is 1. The largest absolute Gasteiger partial charge is 0.437 e. The molecule has 0 aliphatic carbocycles. The van der Waals surface area contributed by atoms with Gasteiger partial charge in [-0.1, -0.05) is 23.7 Å². The molecular weight excluding hydrogens is 370 g/mol. The lowest BCUT2D eigenvalue weighted by molar-refractivity contribution is 0.00449. The molecule has 1 saturated heterocycles. The quantitative estimate of drug-likeness (QED) is 0.810. The molecule has 2 amide bonds. The van der Waals surface area contributed by atoms with Crippen LogP contribution in [0, 0.1) is 0 Å². The van der Waals surface area contributed by atoms with Crippen LogP contribution in [-0.4, -0.2) is 55.4 Å². The van der Waals surface area contributed by atoms with Crippen molar-refractivity contribution in [2.45, 2.75) is 12.5 Å². The SMILES string of the molecule is COCCC1COCCN1C(=O)Nc1ccnc(Oc2ccccc2Cl)c1. The third-order valence-electron chi connectivity index (χ3n) is 4.18. The summed E-state index contributed by atoms with van der Waals surface area (Å²) >= 11 is 6.11.